The number of benzene rings is 6. The van der Waals surface area contributed by atoms with E-state index in [1.807, 2.05) is 127 Å². The van der Waals surface area contributed by atoms with Gasteiger partial charge in [-0.3, -0.25) is 4.79 Å². The van der Waals surface area contributed by atoms with Crippen molar-refractivity contribution in [2.45, 2.75) is 18.8 Å². The molecule has 9 aromatic rings. The Morgan fingerprint density at radius 2 is 0.746 bits per heavy atom. The van der Waals surface area contributed by atoms with Gasteiger partial charge in [-0.1, -0.05) is 165 Å². The Hall–Kier alpha value is -8.08. The molecule has 1 aliphatic carbocycles. The predicted octanol–water partition coefficient (Wildman–Crippen LogP) is 14.4. The Kier molecular flexibility index (Phi) is 10.6. The molecule has 3 heterocycles. The van der Waals surface area contributed by atoms with Crippen molar-refractivity contribution in [3.63, 3.8) is 0 Å². The fourth-order valence-corrected chi connectivity index (χ4v) is 8.51. The third kappa shape index (κ3) is 8.35. The van der Waals surface area contributed by atoms with Crippen LogP contribution in [0.15, 0.2) is 231 Å². The number of carbonyl (C=O) groups is 1. The van der Waals surface area contributed by atoms with Crippen LogP contribution >= 0.6 is 0 Å². The van der Waals surface area contributed by atoms with Crippen molar-refractivity contribution in [1.82, 2.24) is 15.0 Å². The summed E-state index contributed by atoms with van der Waals surface area (Å²) in [6.07, 6.45) is 7.38. The van der Waals surface area contributed by atoms with E-state index in [-0.39, 0.29) is 11.2 Å². The van der Waals surface area contributed by atoms with E-state index in [0.29, 0.717) is 11.1 Å². The number of rotatable bonds is 10. The van der Waals surface area contributed by atoms with Crippen LogP contribution in [0.1, 0.15) is 40.4 Å². The monoisotopic (exact) mass is 809 g/mol. The Bertz CT molecular complexity index is 3060. The third-order valence-corrected chi connectivity index (χ3v) is 11.9. The average molecular weight is 810 g/mol. The summed E-state index contributed by atoms with van der Waals surface area (Å²) >= 11 is 0. The van der Waals surface area contributed by atoms with Gasteiger partial charge in [0, 0.05) is 49.9 Å². The molecule has 0 N–H and O–H groups in total. The van der Waals surface area contributed by atoms with Crippen LogP contribution in [0.3, 0.4) is 0 Å². The second kappa shape index (κ2) is 17.1. The molecule has 300 valence electrons. The van der Waals surface area contributed by atoms with Gasteiger partial charge in [0.05, 0.1) is 34.2 Å². The smallest absolute Gasteiger partial charge is 0.193 e. The lowest BCUT2D eigenvalue weighted by Gasteiger charge is -2.31. The first kappa shape index (κ1) is 39.1. The standard InChI is InChI=1S/C59H43N3O/c1-59(51-25-12-5-13-26-51)33-17-24-44(40-59)45-34-46(55-30-14-27-52(60-55)41-18-6-2-7-19-41)37-49(35-45)58(63)50-38-47(56-31-15-28-53(61-56)42-20-8-3-9-21-42)36-48(39-50)57-32-16-29-54(62-57)43-22-10-4-11-23-43/h2-39H,40H2,1H3. The maximum absolute atomic E-state index is 15.4. The van der Waals surface area contributed by atoms with Crippen molar-refractivity contribution in [1.29, 1.82) is 0 Å². The van der Waals surface area contributed by atoms with E-state index >= 15 is 4.79 Å². The lowest BCUT2D eigenvalue weighted by Crippen LogP contribution is -2.21. The maximum Gasteiger partial charge on any atom is 0.193 e. The number of aromatic nitrogens is 3. The topological polar surface area (TPSA) is 55.7 Å². The predicted molar refractivity (Wildman–Crippen MR) is 258 cm³/mol. The van der Waals surface area contributed by atoms with Gasteiger partial charge in [0.2, 0.25) is 0 Å². The van der Waals surface area contributed by atoms with E-state index in [4.69, 9.17) is 15.0 Å². The number of allylic oxidation sites excluding steroid dienone is 4. The first-order valence-corrected chi connectivity index (χ1v) is 21.3. The number of carbonyl (C=O) groups excluding carboxylic acids is 1. The highest BCUT2D eigenvalue weighted by Gasteiger charge is 2.28. The zero-order chi connectivity index (χ0) is 42.6. The zero-order valence-corrected chi connectivity index (χ0v) is 34.9. The molecule has 4 heteroatoms. The van der Waals surface area contributed by atoms with Gasteiger partial charge in [-0.15, -0.1) is 0 Å². The van der Waals surface area contributed by atoms with Gasteiger partial charge in [0.1, 0.15) is 0 Å². The van der Waals surface area contributed by atoms with Crippen LogP contribution in [0, 0.1) is 0 Å². The largest absolute Gasteiger partial charge is 0.289 e. The van der Waals surface area contributed by atoms with Crippen LogP contribution in [-0.4, -0.2) is 20.7 Å². The zero-order valence-electron chi connectivity index (χ0n) is 34.9. The molecule has 0 saturated carbocycles. The van der Waals surface area contributed by atoms with Gasteiger partial charge >= 0.3 is 0 Å². The van der Waals surface area contributed by atoms with Gasteiger partial charge in [0.15, 0.2) is 5.78 Å². The van der Waals surface area contributed by atoms with Gasteiger partial charge in [-0.2, -0.15) is 0 Å². The van der Waals surface area contributed by atoms with E-state index in [9.17, 15) is 0 Å². The van der Waals surface area contributed by atoms with Crippen molar-refractivity contribution in [3.05, 3.63) is 253 Å². The Labute approximate surface area is 368 Å². The molecule has 0 aliphatic heterocycles. The summed E-state index contributed by atoms with van der Waals surface area (Å²) in [5, 5.41) is 0. The Morgan fingerprint density at radius 1 is 0.397 bits per heavy atom. The summed E-state index contributed by atoms with van der Waals surface area (Å²) in [4.78, 5) is 30.8. The van der Waals surface area contributed by atoms with Crippen molar-refractivity contribution >= 4 is 11.4 Å². The summed E-state index contributed by atoms with van der Waals surface area (Å²) in [6.45, 7) is 2.28. The number of nitrogens with zero attached hydrogens (tertiary/aromatic N) is 3. The molecular formula is C59H43N3O. The average Bonchev–Trinajstić information content (AvgIpc) is 3.37. The van der Waals surface area contributed by atoms with Crippen LogP contribution in [0.2, 0.25) is 0 Å². The fraction of sp³-hybridized carbons (Fsp3) is 0.0508. The molecule has 3 aromatic heterocycles. The highest BCUT2D eigenvalue weighted by Crippen LogP contribution is 2.41. The molecule has 0 amide bonds. The molecule has 6 aromatic carbocycles. The highest BCUT2D eigenvalue weighted by molar-refractivity contribution is 6.11. The van der Waals surface area contributed by atoms with Gasteiger partial charge in [-0.05, 0) is 95.9 Å². The molecule has 0 bridgehead atoms. The second-order valence-corrected chi connectivity index (χ2v) is 16.3. The molecule has 10 rings (SSSR count). The Morgan fingerprint density at radius 3 is 1.16 bits per heavy atom. The van der Waals surface area contributed by atoms with Crippen LogP contribution < -0.4 is 0 Å². The van der Waals surface area contributed by atoms with E-state index < -0.39 is 0 Å². The molecule has 0 spiro atoms. The summed E-state index contributed by atoms with van der Waals surface area (Å²) in [5.41, 5.74) is 14.8. The molecule has 1 aliphatic rings. The summed E-state index contributed by atoms with van der Waals surface area (Å²) in [5.74, 6) is -0.100. The van der Waals surface area contributed by atoms with E-state index in [1.54, 1.807) is 0 Å². The van der Waals surface area contributed by atoms with Crippen molar-refractivity contribution < 1.29 is 4.79 Å². The molecule has 4 nitrogen and oxygen atoms in total. The SMILES string of the molecule is CC1(c2ccccc2)C=CC=C(c2cc(C(=O)c3cc(-c4cccc(-c5ccccc5)n4)cc(-c4cccc(-c5ccccc5)n4)c3)cc(-c3cccc(-c4ccccc4)n3)c2)C1. The van der Waals surface area contributed by atoms with Gasteiger partial charge < -0.3 is 0 Å². The normalized spacial score (nSPS) is 14.5. The minimum Gasteiger partial charge on any atom is -0.289 e. The number of hydrogen-bond donors (Lipinski definition) is 0. The van der Waals surface area contributed by atoms with Crippen LogP contribution in [-0.2, 0) is 5.41 Å². The maximum atomic E-state index is 15.4. The van der Waals surface area contributed by atoms with Gasteiger partial charge in [-0.25, -0.2) is 15.0 Å². The third-order valence-electron chi connectivity index (χ3n) is 11.9. The number of hydrogen-bond acceptors (Lipinski definition) is 4. The Balaban J connectivity index is 1.12. The minimum atomic E-state index is -0.219. The highest BCUT2D eigenvalue weighted by atomic mass is 16.1. The van der Waals surface area contributed by atoms with E-state index in [1.165, 1.54) is 5.56 Å². The molecule has 0 saturated heterocycles. The van der Waals surface area contributed by atoms with E-state index in [2.05, 4.69) is 110 Å². The first-order chi connectivity index (χ1) is 31.0. The molecule has 0 radical (unpaired) electrons. The second-order valence-electron chi connectivity index (χ2n) is 16.3. The quantitative estimate of drug-likeness (QED) is 0.129. The van der Waals surface area contributed by atoms with Crippen LogP contribution in [0.5, 0.6) is 0 Å². The summed E-state index contributed by atoms with van der Waals surface area (Å²) < 4.78 is 0. The lowest BCUT2D eigenvalue weighted by molar-refractivity contribution is 0.103. The molecule has 1 unspecified atom stereocenters. The number of ketones is 1. The van der Waals surface area contributed by atoms with Crippen molar-refractivity contribution in [2.24, 2.45) is 0 Å². The van der Waals surface area contributed by atoms with Crippen LogP contribution in [0.4, 0.5) is 0 Å². The van der Waals surface area contributed by atoms with Crippen molar-refractivity contribution in [3.8, 4) is 67.5 Å². The number of pyridine rings is 3. The molecule has 63 heavy (non-hydrogen) atoms. The fourth-order valence-electron chi connectivity index (χ4n) is 8.51. The van der Waals surface area contributed by atoms with Crippen molar-refractivity contribution in [2.75, 3.05) is 0 Å². The summed E-state index contributed by atoms with van der Waals surface area (Å²) in [7, 11) is 0. The minimum absolute atomic E-state index is 0.100. The van der Waals surface area contributed by atoms with E-state index in [0.717, 1.165) is 85.1 Å². The first-order valence-electron chi connectivity index (χ1n) is 21.3. The summed E-state index contributed by atoms with van der Waals surface area (Å²) in [6, 6.07) is 71.6. The molecule has 0 fully saturated rings. The molecular weight excluding hydrogens is 767 g/mol. The lowest BCUT2D eigenvalue weighted by atomic mass is 9.73. The van der Waals surface area contributed by atoms with Gasteiger partial charge in [0.25, 0.3) is 0 Å². The van der Waals surface area contributed by atoms with Crippen LogP contribution in [0.25, 0.3) is 73.1 Å². The molecule has 1 atom stereocenters.